The molecule has 1 aliphatic rings. The van der Waals surface area contributed by atoms with Crippen LogP contribution in [0.3, 0.4) is 0 Å². The molecule has 0 radical (unpaired) electrons. The highest BCUT2D eigenvalue weighted by atomic mass is 19.1. The Bertz CT molecular complexity index is 770. The van der Waals surface area contributed by atoms with Crippen LogP contribution < -0.4 is 10.6 Å². The molecule has 1 heterocycles. The average Bonchev–Trinajstić information content (AvgIpc) is 2.71. The fourth-order valence-electron chi connectivity index (χ4n) is 3.34. The fourth-order valence-corrected chi connectivity index (χ4v) is 3.34. The van der Waals surface area contributed by atoms with Gasteiger partial charge < -0.3 is 15.7 Å². The summed E-state index contributed by atoms with van der Waals surface area (Å²) in [4.78, 5) is 6.60. The third-order valence-electron chi connectivity index (χ3n) is 5.02. The van der Waals surface area contributed by atoms with Crippen molar-refractivity contribution in [3.8, 4) is 0 Å². The van der Waals surface area contributed by atoms with Gasteiger partial charge in [-0.15, -0.1) is 0 Å². The number of nitrogens with one attached hydrogen (secondary N) is 2. The lowest BCUT2D eigenvalue weighted by Gasteiger charge is -2.29. The van der Waals surface area contributed by atoms with Crippen molar-refractivity contribution in [3.63, 3.8) is 0 Å². The molecule has 0 saturated carbocycles. The van der Waals surface area contributed by atoms with E-state index in [0.717, 1.165) is 38.0 Å². The molecule has 2 aromatic rings. The number of piperidine rings is 1. The molecule has 1 fully saturated rings. The molecule has 5 nitrogen and oxygen atoms in total. The number of benzene rings is 2. The molecule has 1 aliphatic heterocycles. The molecule has 0 atom stereocenters. The number of guanidine groups is 1. The summed E-state index contributed by atoms with van der Waals surface area (Å²) >= 11 is 0. The smallest absolute Gasteiger partial charge is 0.191 e. The Morgan fingerprint density at radius 2 is 1.68 bits per heavy atom. The highest BCUT2D eigenvalue weighted by molar-refractivity contribution is 5.79. The van der Waals surface area contributed by atoms with Gasteiger partial charge in [0.15, 0.2) is 5.96 Å². The number of halogens is 1. The molecule has 0 amide bonds. The number of hydrogen-bond donors (Lipinski definition) is 3. The van der Waals surface area contributed by atoms with Crippen LogP contribution >= 0.6 is 0 Å². The minimum atomic E-state index is -0.233. The van der Waals surface area contributed by atoms with Crippen LogP contribution in [0, 0.1) is 5.82 Å². The van der Waals surface area contributed by atoms with E-state index in [2.05, 4.69) is 44.8 Å². The van der Waals surface area contributed by atoms with E-state index in [-0.39, 0.29) is 11.9 Å². The number of hydrogen-bond acceptors (Lipinski definition) is 3. The first-order chi connectivity index (χ1) is 13.6. The summed E-state index contributed by atoms with van der Waals surface area (Å²) in [5.74, 6) is 0.447. The zero-order valence-corrected chi connectivity index (χ0v) is 16.4. The number of rotatable bonds is 6. The Hall–Kier alpha value is -2.44. The topological polar surface area (TPSA) is 59.9 Å². The lowest BCUT2D eigenvalue weighted by Crippen LogP contribution is -2.36. The SMILES string of the molecule is CN=C(NCc1ccc(CN2CCC(O)CC2)cc1)NCc1cccc(F)c1. The van der Waals surface area contributed by atoms with Crippen molar-refractivity contribution < 1.29 is 9.50 Å². The van der Waals surface area contributed by atoms with Gasteiger partial charge in [0.2, 0.25) is 0 Å². The van der Waals surface area contributed by atoms with Crippen molar-refractivity contribution in [1.29, 1.82) is 0 Å². The van der Waals surface area contributed by atoms with Crippen LogP contribution in [-0.2, 0) is 19.6 Å². The van der Waals surface area contributed by atoms with E-state index >= 15 is 0 Å². The molecule has 3 rings (SSSR count). The van der Waals surface area contributed by atoms with Crippen LogP contribution in [0.1, 0.15) is 29.5 Å². The minimum absolute atomic E-state index is 0.131. The van der Waals surface area contributed by atoms with Crippen molar-refractivity contribution in [2.45, 2.75) is 38.6 Å². The molecule has 0 spiro atoms. The number of aliphatic hydroxyl groups is 1. The first-order valence-corrected chi connectivity index (χ1v) is 9.79. The molecular weight excluding hydrogens is 355 g/mol. The zero-order chi connectivity index (χ0) is 19.8. The minimum Gasteiger partial charge on any atom is -0.393 e. The van der Waals surface area contributed by atoms with Gasteiger partial charge in [0.1, 0.15) is 5.82 Å². The first-order valence-electron chi connectivity index (χ1n) is 9.79. The Morgan fingerprint density at radius 1 is 1.04 bits per heavy atom. The largest absolute Gasteiger partial charge is 0.393 e. The predicted octanol–water partition coefficient (Wildman–Crippen LogP) is 2.65. The summed E-state index contributed by atoms with van der Waals surface area (Å²) in [6, 6.07) is 15.1. The quantitative estimate of drug-likeness (QED) is 0.529. The van der Waals surface area contributed by atoms with E-state index < -0.39 is 0 Å². The summed E-state index contributed by atoms with van der Waals surface area (Å²) in [5, 5.41) is 16.1. The standard InChI is InChI=1S/C22H29FN4O/c1-24-22(26-15-19-3-2-4-20(23)13-19)25-14-17-5-7-18(8-6-17)16-27-11-9-21(28)10-12-27/h2-8,13,21,28H,9-12,14-16H2,1H3,(H2,24,25,26). The maximum atomic E-state index is 13.3. The summed E-state index contributed by atoms with van der Waals surface area (Å²) < 4.78 is 13.3. The molecule has 28 heavy (non-hydrogen) atoms. The number of nitrogens with zero attached hydrogens (tertiary/aromatic N) is 2. The first kappa shape index (κ1) is 20.3. The van der Waals surface area contributed by atoms with Crippen molar-refractivity contribution in [2.24, 2.45) is 4.99 Å². The van der Waals surface area contributed by atoms with Crippen molar-refractivity contribution in [2.75, 3.05) is 20.1 Å². The maximum Gasteiger partial charge on any atom is 0.191 e. The van der Waals surface area contributed by atoms with Crippen LogP contribution in [0.2, 0.25) is 0 Å². The van der Waals surface area contributed by atoms with Gasteiger partial charge in [-0.05, 0) is 41.7 Å². The molecule has 0 bridgehead atoms. The Kier molecular flexibility index (Phi) is 7.39. The molecular formula is C22H29FN4O. The molecule has 150 valence electrons. The van der Waals surface area contributed by atoms with Crippen LogP contribution in [0.15, 0.2) is 53.5 Å². The second kappa shape index (κ2) is 10.2. The van der Waals surface area contributed by atoms with Gasteiger partial charge in [-0.25, -0.2) is 4.39 Å². The Balaban J connectivity index is 1.44. The third kappa shape index (κ3) is 6.32. The van der Waals surface area contributed by atoms with Gasteiger partial charge in [0.25, 0.3) is 0 Å². The molecule has 0 aromatic heterocycles. The zero-order valence-electron chi connectivity index (χ0n) is 16.4. The Labute approximate surface area is 166 Å². The van der Waals surface area contributed by atoms with Crippen LogP contribution in [-0.4, -0.2) is 42.2 Å². The average molecular weight is 384 g/mol. The van der Waals surface area contributed by atoms with Crippen molar-refractivity contribution in [1.82, 2.24) is 15.5 Å². The maximum absolute atomic E-state index is 13.3. The van der Waals surface area contributed by atoms with E-state index in [0.29, 0.717) is 19.0 Å². The Morgan fingerprint density at radius 3 is 2.32 bits per heavy atom. The van der Waals surface area contributed by atoms with Gasteiger partial charge in [-0.2, -0.15) is 0 Å². The van der Waals surface area contributed by atoms with E-state index in [1.165, 1.54) is 23.3 Å². The van der Waals surface area contributed by atoms with E-state index in [1.54, 1.807) is 13.1 Å². The van der Waals surface area contributed by atoms with Gasteiger partial charge in [0.05, 0.1) is 6.10 Å². The normalized spacial score (nSPS) is 16.2. The van der Waals surface area contributed by atoms with Crippen LogP contribution in [0.4, 0.5) is 4.39 Å². The van der Waals surface area contributed by atoms with Gasteiger partial charge >= 0.3 is 0 Å². The third-order valence-corrected chi connectivity index (χ3v) is 5.02. The number of aliphatic imine (C=N–C) groups is 1. The molecule has 0 unspecified atom stereocenters. The monoisotopic (exact) mass is 384 g/mol. The van der Waals surface area contributed by atoms with Crippen molar-refractivity contribution >= 4 is 5.96 Å². The molecule has 3 N–H and O–H groups in total. The van der Waals surface area contributed by atoms with Gasteiger partial charge in [0, 0.05) is 39.8 Å². The van der Waals surface area contributed by atoms with E-state index in [4.69, 9.17) is 0 Å². The molecule has 0 aliphatic carbocycles. The van der Waals surface area contributed by atoms with E-state index in [9.17, 15) is 9.50 Å². The summed E-state index contributed by atoms with van der Waals surface area (Å²) in [5.41, 5.74) is 3.33. The number of likely N-dealkylation sites (tertiary alicyclic amines) is 1. The predicted molar refractivity (Wildman–Crippen MR) is 110 cm³/mol. The molecule has 2 aromatic carbocycles. The molecule has 6 heteroatoms. The fraction of sp³-hybridized carbons (Fsp3) is 0.409. The van der Waals surface area contributed by atoms with Crippen LogP contribution in [0.25, 0.3) is 0 Å². The highest BCUT2D eigenvalue weighted by Gasteiger charge is 2.16. The second-order valence-electron chi connectivity index (χ2n) is 7.23. The van der Waals surface area contributed by atoms with Gasteiger partial charge in [-0.1, -0.05) is 36.4 Å². The lowest BCUT2D eigenvalue weighted by molar-refractivity contribution is 0.0792. The molecule has 1 saturated heterocycles. The van der Waals surface area contributed by atoms with Crippen LogP contribution in [0.5, 0.6) is 0 Å². The van der Waals surface area contributed by atoms with Crippen molar-refractivity contribution in [3.05, 3.63) is 71.0 Å². The summed E-state index contributed by atoms with van der Waals surface area (Å²) in [6.07, 6.45) is 1.60. The summed E-state index contributed by atoms with van der Waals surface area (Å²) in [6.45, 7) is 4.02. The highest BCUT2D eigenvalue weighted by Crippen LogP contribution is 2.14. The van der Waals surface area contributed by atoms with Gasteiger partial charge in [-0.3, -0.25) is 9.89 Å². The number of aliphatic hydroxyl groups excluding tert-OH is 1. The lowest BCUT2D eigenvalue weighted by atomic mass is 10.1. The van der Waals surface area contributed by atoms with E-state index in [1.807, 2.05) is 6.07 Å². The summed E-state index contributed by atoms with van der Waals surface area (Å²) in [7, 11) is 1.72. The second-order valence-corrected chi connectivity index (χ2v) is 7.23.